The maximum Gasteiger partial charge on any atom is 0.193 e. The van der Waals surface area contributed by atoms with Gasteiger partial charge in [0.2, 0.25) is 0 Å². The van der Waals surface area contributed by atoms with Crippen LogP contribution in [0, 0.1) is 34.0 Å². The van der Waals surface area contributed by atoms with E-state index in [4.69, 9.17) is 9.47 Å². The molecule has 2 N–H and O–H groups in total. The first-order valence-electron chi connectivity index (χ1n) is 12.2. The Morgan fingerprint density at radius 1 is 1.16 bits per heavy atom. The lowest BCUT2D eigenvalue weighted by atomic mass is 9.37. The van der Waals surface area contributed by atoms with Crippen molar-refractivity contribution < 1.29 is 29.3 Å². The van der Waals surface area contributed by atoms with Gasteiger partial charge in [-0.3, -0.25) is 9.59 Å². The van der Waals surface area contributed by atoms with Crippen LogP contribution in [-0.2, 0) is 19.1 Å². The first-order valence-corrected chi connectivity index (χ1v) is 12.2. The minimum Gasteiger partial charge on any atom is -0.392 e. The lowest BCUT2D eigenvalue weighted by molar-refractivity contribution is -0.247. The number of ether oxygens (including phenoxy) is 2. The Morgan fingerprint density at radius 2 is 1.84 bits per heavy atom. The van der Waals surface area contributed by atoms with Crippen molar-refractivity contribution in [3.63, 3.8) is 0 Å². The highest BCUT2D eigenvalue weighted by Crippen LogP contribution is 2.75. The Balaban J connectivity index is 1.65. The molecule has 5 aliphatic rings. The summed E-state index contributed by atoms with van der Waals surface area (Å²) in [5.41, 5.74) is -1.38. The number of aliphatic hydroxyl groups is 2. The summed E-state index contributed by atoms with van der Waals surface area (Å²) in [5.74, 6) is -0.557. The fourth-order valence-corrected chi connectivity index (χ4v) is 9.11. The van der Waals surface area contributed by atoms with Gasteiger partial charge in [0.1, 0.15) is 6.61 Å². The molecule has 7 unspecified atom stereocenters. The van der Waals surface area contributed by atoms with Gasteiger partial charge in [-0.15, -0.1) is 0 Å². The summed E-state index contributed by atoms with van der Waals surface area (Å²) >= 11 is 0. The molecule has 0 aromatic heterocycles. The average Bonchev–Trinajstić information content (AvgIpc) is 3.11. The highest BCUT2D eigenvalue weighted by atomic mass is 16.8. The number of carbonyl (C=O) groups is 2. The zero-order valence-electron chi connectivity index (χ0n) is 20.2. The fraction of sp³-hybridized carbons (Fsp3) is 0.846. The van der Waals surface area contributed by atoms with Crippen LogP contribution in [0.25, 0.3) is 0 Å². The number of hydrogen-bond donors (Lipinski definition) is 2. The molecule has 9 atom stereocenters. The van der Waals surface area contributed by atoms with Crippen LogP contribution in [0.3, 0.4) is 0 Å². The lowest BCUT2D eigenvalue weighted by Crippen LogP contribution is -2.68. The van der Waals surface area contributed by atoms with E-state index >= 15 is 0 Å². The molecule has 178 valence electrons. The number of rotatable bonds is 2. The second-order valence-corrected chi connectivity index (χ2v) is 12.3. The average molecular weight is 447 g/mol. The fourth-order valence-electron chi connectivity index (χ4n) is 9.11. The Kier molecular flexibility index (Phi) is 4.63. The molecular weight excluding hydrogens is 408 g/mol. The van der Waals surface area contributed by atoms with Crippen molar-refractivity contribution >= 4 is 11.6 Å². The van der Waals surface area contributed by atoms with Crippen LogP contribution < -0.4 is 0 Å². The SMILES string of the molecule is CC1CC2C3CC4OC(C)(C)OC4(C(=O)CO)[C@@]3(C)CC(O)C2(C)[C@@]2(C)CCC(=O)C=C12. The molecule has 32 heavy (non-hydrogen) atoms. The Hall–Kier alpha value is -1.08. The molecule has 0 aromatic rings. The molecule has 3 saturated carbocycles. The molecule has 6 nitrogen and oxygen atoms in total. The summed E-state index contributed by atoms with van der Waals surface area (Å²) in [4.78, 5) is 25.6. The zero-order chi connectivity index (χ0) is 23.5. The minimum atomic E-state index is -1.25. The molecular formula is C26H38O6. The predicted octanol–water partition coefficient (Wildman–Crippen LogP) is 3.19. The summed E-state index contributed by atoms with van der Waals surface area (Å²) in [5, 5.41) is 21.8. The van der Waals surface area contributed by atoms with Crippen LogP contribution in [0.2, 0.25) is 0 Å². The molecule has 1 heterocycles. The van der Waals surface area contributed by atoms with Crippen LogP contribution in [-0.4, -0.2) is 52.0 Å². The summed E-state index contributed by atoms with van der Waals surface area (Å²) < 4.78 is 12.7. The van der Waals surface area contributed by atoms with Crippen LogP contribution in [0.1, 0.15) is 73.6 Å². The van der Waals surface area contributed by atoms with E-state index < -0.39 is 41.0 Å². The van der Waals surface area contributed by atoms with Gasteiger partial charge in [0.25, 0.3) is 0 Å². The number of Topliss-reactive ketones (excluding diaryl/α,β-unsaturated/α-hetero) is 1. The van der Waals surface area contributed by atoms with E-state index in [0.29, 0.717) is 19.3 Å². The molecule has 0 aromatic carbocycles. The molecule has 5 rings (SSSR count). The van der Waals surface area contributed by atoms with Gasteiger partial charge >= 0.3 is 0 Å². The van der Waals surface area contributed by atoms with Crippen LogP contribution >= 0.6 is 0 Å². The van der Waals surface area contributed by atoms with Crippen LogP contribution in [0.5, 0.6) is 0 Å². The van der Waals surface area contributed by atoms with E-state index in [1.165, 1.54) is 5.57 Å². The predicted molar refractivity (Wildman–Crippen MR) is 118 cm³/mol. The largest absolute Gasteiger partial charge is 0.392 e. The van der Waals surface area contributed by atoms with E-state index in [1.54, 1.807) is 0 Å². The normalized spacial score (nSPS) is 53.7. The van der Waals surface area contributed by atoms with E-state index in [1.807, 2.05) is 19.9 Å². The smallest absolute Gasteiger partial charge is 0.193 e. The van der Waals surface area contributed by atoms with Gasteiger partial charge in [-0.2, -0.15) is 0 Å². The number of carbonyl (C=O) groups excluding carboxylic acids is 2. The first kappa shape index (κ1) is 22.7. The third-order valence-electron chi connectivity index (χ3n) is 10.7. The topological polar surface area (TPSA) is 93.1 Å². The number of ketones is 2. The second kappa shape index (κ2) is 6.53. The number of allylic oxidation sites excluding steroid dienone is 1. The van der Waals surface area contributed by atoms with E-state index in [2.05, 4.69) is 27.7 Å². The molecule has 1 saturated heterocycles. The first-order chi connectivity index (χ1) is 14.8. The van der Waals surface area contributed by atoms with Gasteiger partial charge in [-0.05, 0) is 68.8 Å². The van der Waals surface area contributed by atoms with Crippen molar-refractivity contribution in [3.05, 3.63) is 11.6 Å². The highest BCUT2D eigenvalue weighted by molar-refractivity contribution is 5.92. The zero-order valence-corrected chi connectivity index (χ0v) is 20.2. The molecule has 4 fully saturated rings. The quantitative estimate of drug-likeness (QED) is 0.677. The Labute approximate surface area is 190 Å². The van der Waals surface area contributed by atoms with Crippen molar-refractivity contribution in [2.24, 2.45) is 34.0 Å². The van der Waals surface area contributed by atoms with Gasteiger partial charge in [-0.25, -0.2) is 0 Å². The summed E-state index contributed by atoms with van der Waals surface area (Å²) in [6, 6.07) is 0. The molecule has 1 aliphatic heterocycles. The van der Waals surface area contributed by atoms with Gasteiger partial charge in [0.15, 0.2) is 23.0 Å². The van der Waals surface area contributed by atoms with Gasteiger partial charge < -0.3 is 19.7 Å². The number of fused-ring (bicyclic) bond motifs is 7. The Bertz CT molecular complexity index is 908. The molecule has 0 radical (unpaired) electrons. The van der Waals surface area contributed by atoms with E-state index in [0.717, 1.165) is 12.8 Å². The summed E-state index contributed by atoms with van der Waals surface area (Å²) in [6.45, 7) is 11.7. The standard InChI is InChI=1S/C26H38O6/c1-14-9-18-17-11-21-26(20(30)13-27,32-22(2,3)31-21)24(17,5)12-19(29)25(18,6)23(4)8-7-15(28)10-16(14)23/h10,14,17-19,21,27,29H,7-9,11-13H2,1-6H3/t14?,17?,18?,19?,21?,23-,24-,25?,26?/m0/s1. The van der Waals surface area contributed by atoms with Gasteiger partial charge in [0, 0.05) is 17.3 Å². The van der Waals surface area contributed by atoms with Gasteiger partial charge in [0.05, 0.1) is 12.2 Å². The van der Waals surface area contributed by atoms with Crippen molar-refractivity contribution in [1.29, 1.82) is 0 Å². The highest BCUT2D eigenvalue weighted by Gasteiger charge is 2.79. The van der Waals surface area contributed by atoms with Crippen LogP contribution in [0.4, 0.5) is 0 Å². The monoisotopic (exact) mass is 446 g/mol. The molecule has 0 amide bonds. The second-order valence-electron chi connectivity index (χ2n) is 12.3. The third-order valence-corrected chi connectivity index (χ3v) is 10.7. The summed E-state index contributed by atoms with van der Waals surface area (Å²) in [7, 11) is 0. The minimum absolute atomic E-state index is 0.117. The Morgan fingerprint density at radius 3 is 2.50 bits per heavy atom. The molecule has 0 bridgehead atoms. The molecule has 6 heteroatoms. The van der Waals surface area contributed by atoms with Crippen molar-refractivity contribution in [1.82, 2.24) is 0 Å². The maximum absolute atomic E-state index is 13.3. The lowest BCUT2D eigenvalue weighted by Gasteiger charge is -2.67. The van der Waals surface area contributed by atoms with Crippen molar-refractivity contribution in [2.75, 3.05) is 6.61 Å². The van der Waals surface area contributed by atoms with E-state index in [9.17, 15) is 19.8 Å². The molecule has 0 spiro atoms. The third kappa shape index (κ3) is 2.40. The number of aliphatic hydroxyl groups excluding tert-OH is 2. The van der Waals surface area contributed by atoms with Crippen molar-refractivity contribution in [2.45, 2.75) is 97.2 Å². The number of hydrogen-bond acceptors (Lipinski definition) is 6. The van der Waals surface area contributed by atoms with E-state index in [-0.39, 0.29) is 34.7 Å². The van der Waals surface area contributed by atoms with Crippen molar-refractivity contribution in [3.8, 4) is 0 Å². The van der Waals surface area contributed by atoms with Gasteiger partial charge in [-0.1, -0.05) is 33.3 Å². The molecule has 4 aliphatic carbocycles. The maximum atomic E-state index is 13.3. The summed E-state index contributed by atoms with van der Waals surface area (Å²) in [6.07, 6.45) is 3.98. The van der Waals surface area contributed by atoms with Crippen LogP contribution in [0.15, 0.2) is 11.6 Å².